The van der Waals surface area contributed by atoms with E-state index >= 15 is 0 Å². The van der Waals surface area contributed by atoms with Crippen molar-refractivity contribution in [3.63, 3.8) is 0 Å². The van der Waals surface area contributed by atoms with Crippen molar-refractivity contribution in [2.24, 2.45) is 0 Å². The van der Waals surface area contributed by atoms with Gasteiger partial charge in [-0.15, -0.1) is 0 Å². The van der Waals surface area contributed by atoms with E-state index in [-0.39, 0.29) is 17.0 Å². The average molecular weight is 293 g/mol. The van der Waals surface area contributed by atoms with E-state index < -0.39 is 4.92 Å². The van der Waals surface area contributed by atoms with Crippen molar-refractivity contribution < 1.29 is 14.5 Å². The third-order valence-electron chi connectivity index (χ3n) is 3.58. The molecule has 1 fully saturated rings. The van der Waals surface area contributed by atoms with Crippen molar-refractivity contribution in [2.75, 3.05) is 46.4 Å². The molecule has 2 rings (SSSR count). The minimum Gasteiger partial charge on any atom is -0.485 e. The second kappa shape index (κ2) is 7.14. The number of benzene rings is 1. The van der Waals surface area contributed by atoms with Crippen LogP contribution in [0.4, 0.5) is 5.69 Å². The number of piperazine rings is 1. The van der Waals surface area contributed by atoms with Gasteiger partial charge in [0.1, 0.15) is 12.9 Å². The highest BCUT2D eigenvalue weighted by Crippen LogP contribution is 2.27. The number of nitro groups is 1. The molecule has 0 aliphatic carbocycles. The minimum atomic E-state index is -0.530. The smallest absolute Gasteiger partial charge is 0.311 e. The van der Waals surface area contributed by atoms with Crippen molar-refractivity contribution in [2.45, 2.75) is 0 Å². The molecule has 0 aromatic heterocycles. The predicted octanol–water partition coefficient (Wildman–Crippen LogP) is 1.03. The molecule has 21 heavy (non-hydrogen) atoms. The van der Waals surface area contributed by atoms with Gasteiger partial charge in [-0.1, -0.05) is 0 Å². The third kappa shape index (κ3) is 4.24. The van der Waals surface area contributed by atoms with Gasteiger partial charge in [0.05, 0.1) is 4.92 Å². The highest BCUT2D eigenvalue weighted by Gasteiger charge is 2.17. The van der Waals surface area contributed by atoms with E-state index in [0.29, 0.717) is 12.9 Å². The van der Waals surface area contributed by atoms with E-state index in [9.17, 15) is 14.9 Å². The van der Waals surface area contributed by atoms with Crippen LogP contribution in [-0.2, 0) is 0 Å². The van der Waals surface area contributed by atoms with Crippen LogP contribution in [0.25, 0.3) is 0 Å². The van der Waals surface area contributed by atoms with E-state index in [2.05, 4.69) is 16.8 Å². The first-order valence-electron chi connectivity index (χ1n) is 6.87. The van der Waals surface area contributed by atoms with Crippen LogP contribution in [0, 0.1) is 10.1 Å². The van der Waals surface area contributed by atoms with Gasteiger partial charge in [-0.3, -0.25) is 19.8 Å². The van der Waals surface area contributed by atoms with Gasteiger partial charge >= 0.3 is 5.69 Å². The standard InChI is InChI=1S/C14H19N3O4/c1-15-4-6-16(7-5-15)8-9-21-14-3-2-12(11-18)10-13(14)17(19)20/h2-3,10-11H,4-9H2,1H3. The summed E-state index contributed by atoms with van der Waals surface area (Å²) in [5.74, 6) is 0.208. The first kappa shape index (κ1) is 15.4. The number of nitro benzene ring substituents is 1. The number of carbonyl (C=O) groups is 1. The molecule has 0 atom stereocenters. The van der Waals surface area contributed by atoms with Crippen LogP contribution in [0.15, 0.2) is 18.2 Å². The van der Waals surface area contributed by atoms with Crippen molar-refractivity contribution in [3.05, 3.63) is 33.9 Å². The van der Waals surface area contributed by atoms with E-state index in [1.54, 1.807) is 0 Å². The lowest BCUT2D eigenvalue weighted by Gasteiger charge is -2.32. The SMILES string of the molecule is CN1CCN(CCOc2ccc(C=O)cc2[N+](=O)[O-])CC1. The van der Waals surface area contributed by atoms with Crippen molar-refractivity contribution in [1.82, 2.24) is 9.80 Å². The zero-order chi connectivity index (χ0) is 15.2. The lowest BCUT2D eigenvalue weighted by Crippen LogP contribution is -2.45. The van der Waals surface area contributed by atoms with Crippen LogP contribution in [0.1, 0.15) is 10.4 Å². The number of nitrogens with zero attached hydrogens (tertiary/aromatic N) is 3. The molecule has 1 aliphatic heterocycles. The zero-order valence-corrected chi connectivity index (χ0v) is 12.0. The summed E-state index contributed by atoms with van der Waals surface area (Å²) >= 11 is 0. The molecule has 0 N–H and O–H groups in total. The van der Waals surface area contributed by atoms with Gasteiger partial charge in [-0.05, 0) is 19.2 Å². The van der Waals surface area contributed by atoms with Gasteiger partial charge in [-0.2, -0.15) is 0 Å². The largest absolute Gasteiger partial charge is 0.485 e. The van der Waals surface area contributed by atoms with E-state index in [0.717, 1.165) is 32.7 Å². The van der Waals surface area contributed by atoms with Crippen molar-refractivity contribution in [1.29, 1.82) is 0 Å². The van der Waals surface area contributed by atoms with Gasteiger partial charge in [-0.25, -0.2) is 0 Å². The van der Waals surface area contributed by atoms with Crippen LogP contribution >= 0.6 is 0 Å². The van der Waals surface area contributed by atoms with Gasteiger partial charge < -0.3 is 9.64 Å². The van der Waals surface area contributed by atoms with Crippen LogP contribution in [-0.4, -0.2) is 67.4 Å². The molecular formula is C14H19N3O4. The third-order valence-corrected chi connectivity index (χ3v) is 3.58. The maximum Gasteiger partial charge on any atom is 0.311 e. The molecule has 7 heteroatoms. The molecule has 1 aliphatic rings. The Morgan fingerprint density at radius 2 is 2.05 bits per heavy atom. The maximum absolute atomic E-state index is 11.0. The monoisotopic (exact) mass is 293 g/mol. The minimum absolute atomic E-state index is 0.169. The molecule has 1 aromatic carbocycles. The summed E-state index contributed by atoms with van der Waals surface area (Å²) < 4.78 is 5.51. The van der Waals surface area contributed by atoms with E-state index in [1.807, 2.05) is 0 Å². The number of ether oxygens (including phenoxy) is 1. The molecular weight excluding hydrogens is 274 g/mol. The highest BCUT2D eigenvalue weighted by atomic mass is 16.6. The summed E-state index contributed by atoms with van der Waals surface area (Å²) in [6.45, 7) is 5.13. The number of hydrogen-bond acceptors (Lipinski definition) is 6. The van der Waals surface area contributed by atoms with Crippen LogP contribution in [0.2, 0.25) is 0 Å². The molecule has 1 heterocycles. The average Bonchev–Trinajstić information content (AvgIpc) is 2.49. The Morgan fingerprint density at radius 3 is 2.67 bits per heavy atom. The first-order chi connectivity index (χ1) is 10.1. The Labute approximate surface area is 123 Å². The number of carbonyl (C=O) groups excluding carboxylic acids is 1. The highest BCUT2D eigenvalue weighted by molar-refractivity contribution is 5.77. The molecule has 1 saturated heterocycles. The summed E-state index contributed by atoms with van der Waals surface area (Å²) in [6.07, 6.45) is 0.584. The second-order valence-electron chi connectivity index (χ2n) is 5.10. The summed E-state index contributed by atoms with van der Waals surface area (Å²) in [5.41, 5.74) is 0.103. The summed E-state index contributed by atoms with van der Waals surface area (Å²) in [5, 5.41) is 11.0. The molecule has 0 saturated carbocycles. The summed E-state index contributed by atoms with van der Waals surface area (Å²) in [4.78, 5) is 25.7. The molecule has 0 bridgehead atoms. The Kier molecular flexibility index (Phi) is 5.24. The molecule has 114 valence electrons. The van der Waals surface area contributed by atoms with Crippen LogP contribution in [0.5, 0.6) is 5.75 Å². The van der Waals surface area contributed by atoms with Crippen LogP contribution < -0.4 is 4.74 Å². The fraction of sp³-hybridized carbons (Fsp3) is 0.500. The van der Waals surface area contributed by atoms with Gasteiger partial charge in [0.15, 0.2) is 5.75 Å². The molecule has 1 aromatic rings. The molecule has 0 unspecified atom stereocenters. The fourth-order valence-corrected chi connectivity index (χ4v) is 2.23. The number of hydrogen-bond donors (Lipinski definition) is 0. The van der Waals surface area contributed by atoms with Gasteiger partial charge in [0, 0.05) is 44.4 Å². The van der Waals surface area contributed by atoms with Crippen molar-refractivity contribution >= 4 is 12.0 Å². The first-order valence-corrected chi connectivity index (χ1v) is 6.87. The van der Waals surface area contributed by atoms with E-state index in [1.165, 1.54) is 18.2 Å². The Balaban J connectivity index is 1.90. The maximum atomic E-state index is 11.0. The fourth-order valence-electron chi connectivity index (χ4n) is 2.23. The number of likely N-dealkylation sites (N-methyl/N-ethyl adjacent to an activating group) is 1. The lowest BCUT2D eigenvalue weighted by molar-refractivity contribution is -0.385. The summed E-state index contributed by atoms with van der Waals surface area (Å²) in [6, 6.07) is 4.23. The Bertz CT molecular complexity index is 513. The Hall–Kier alpha value is -1.99. The quantitative estimate of drug-likeness (QED) is 0.443. The second-order valence-corrected chi connectivity index (χ2v) is 5.10. The summed E-state index contributed by atoms with van der Waals surface area (Å²) in [7, 11) is 2.09. The number of aldehydes is 1. The zero-order valence-electron chi connectivity index (χ0n) is 12.0. The predicted molar refractivity (Wildman–Crippen MR) is 77.9 cm³/mol. The number of rotatable bonds is 6. The van der Waals surface area contributed by atoms with Gasteiger partial charge in [0.25, 0.3) is 0 Å². The molecule has 0 spiro atoms. The normalized spacial score (nSPS) is 16.6. The van der Waals surface area contributed by atoms with Crippen molar-refractivity contribution in [3.8, 4) is 5.75 Å². The van der Waals surface area contributed by atoms with Gasteiger partial charge in [0.2, 0.25) is 0 Å². The Morgan fingerprint density at radius 1 is 1.33 bits per heavy atom. The molecule has 0 amide bonds. The topological polar surface area (TPSA) is 75.9 Å². The molecule has 0 radical (unpaired) electrons. The molecule has 7 nitrogen and oxygen atoms in total. The van der Waals surface area contributed by atoms with Crippen LogP contribution in [0.3, 0.4) is 0 Å². The lowest BCUT2D eigenvalue weighted by atomic mass is 10.2. The van der Waals surface area contributed by atoms with E-state index in [4.69, 9.17) is 4.74 Å².